The van der Waals surface area contributed by atoms with Crippen LogP contribution < -0.4 is 10.1 Å². The Bertz CT molecular complexity index is 625. The first-order valence-corrected chi connectivity index (χ1v) is 6.18. The highest BCUT2D eigenvalue weighted by atomic mass is 16.5. The summed E-state index contributed by atoms with van der Waals surface area (Å²) in [6.07, 6.45) is 2.46. The number of nitriles is 1. The number of nitrogens with zero attached hydrogens (tertiary/aromatic N) is 2. The van der Waals surface area contributed by atoms with Crippen molar-refractivity contribution in [3.8, 4) is 11.8 Å². The number of benzene rings is 1. The third kappa shape index (κ3) is 3.36. The lowest BCUT2D eigenvalue weighted by molar-refractivity contribution is -0.118. The maximum atomic E-state index is 11.7. The largest absolute Gasteiger partial charge is 0.484 e. The van der Waals surface area contributed by atoms with Crippen molar-refractivity contribution in [3.05, 3.63) is 41.6 Å². The van der Waals surface area contributed by atoms with Crippen LogP contribution in [0.5, 0.6) is 5.75 Å². The molecule has 0 saturated carbocycles. The summed E-state index contributed by atoms with van der Waals surface area (Å²) in [4.78, 5) is 11.7. The molecule has 0 fully saturated rings. The highest BCUT2D eigenvalue weighted by molar-refractivity contribution is 5.91. The number of aromatic amines is 1. The van der Waals surface area contributed by atoms with Crippen molar-refractivity contribution in [1.82, 2.24) is 10.2 Å². The van der Waals surface area contributed by atoms with Crippen molar-refractivity contribution in [2.75, 3.05) is 11.9 Å². The van der Waals surface area contributed by atoms with Gasteiger partial charge in [-0.2, -0.15) is 10.4 Å². The molecule has 20 heavy (non-hydrogen) atoms. The van der Waals surface area contributed by atoms with Crippen LogP contribution >= 0.6 is 0 Å². The second-order valence-electron chi connectivity index (χ2n) is 4.10. The lowest BCUT2D eigenvalue weighted by atomic mass is 10.2. The summed E-state index contributed by atoms with van der Waals surface area (Å²) >= 11 is 0. The van der Waals surface area contributed by atoms with E-state index in [0.717, 1.165) is 12.0 Å². The molecule has 6 nitrogen and oxygen atoms in total. The minimum atomic E-state index is -0.270. The maximum Gasteiger partial charge on any atom is 0.263 e. The van der Waals surface area contributed by atoms with Gasteiger partial charge in [-0.25, -0.2) is 0 Å². The molecule has 2 aromatic rings. The van der Waals surface area contributed by atoms with Crippen molar-refractivity contribution in [1.29, 1.82) is 5.26 Å². The zero-order valence-electron chi connectivity index (χ0n) is 11.0. The Morgan fingerprint density at radius 3 is 2.85 bits per heavy atom. The molecule has 1 aromatic carbocycles. The Morgan fingerprint density at radius 2 is 2.20 bits per heavy atom. The number of carbonyl (C=O) groups is 1. The third-order valence-corrected chi connectivity index (χ3v) is 2.72. The maximum absolute atomic E-state index is 11.7. The number of nitrogens with one attached hydrogen (secondary N) is 2. The van der Waals surface area contributed by atoms with Crippen LogP contribution in [-0.4, -0.2) is 22.7 Å². The van der Waals surface area contributed by atoms with Crippen LogP contribution in [0.25, 0.3) is 0 Å². The molecule has 0 atom stereocenters. The highest BCUT2D eigenvalue weighted by Gasteiger charge is 2.08. The molecule has 1 aromatic heterocycles. The summed E-state index contributed by atoms with van der Waals surface area (Å²) in [5.74, 6) is 0.869. The molecule has 2 N–H and O–H groups in total. The van der Waals surface area contributed by atoms with Crippen LogP contribution in [0.3, 0.4) is 0 Å². The highest BCUT2D eigenvalue weighted by Crippen LogP contribution is 2.13. The van der Waals surface area contributed by atoms with Crippen LogP contribution in [0, 0.1) is 11.3 Å². The number of carbonyl (C=O) groups excluding carboxylic acids is 1. The van der Waals surface area contributed by atoms with Crippen LogP contribution in [-0.2, 0) is 11.2 Å². The number of ether oxygens (including phenoxy) is 1. The smallest absolute Gasteiger partial charge is 0.263 e. The van der Waals surface area contributed by atoms with Crippen molar-refractivity contribution in [2.45, 2.75) is 13.3 Å². The number of hydrogen-bond acceptors (Lipinski definition) is 4. The van der Waals surface area contributed by atoms with Gasteiger partial charge in [-0.1, -0.05) is 6.92 Å². The van der Waals surface area contributed by atoms with E-state index in [1.165, 1.54) is 0 Å². The Hall–Kier alpha value is -2.81. The van der Waals surface area contributed by atoms with Gasteiger partial charge in [0.15, 0.2) is 6.61 Å². The van der Waals surface area contributed by atoms with Gasteiger partial charge in [-0.15, -0.1) is 0 Å². The Kier molecular flexibility index (Phi) is 4.35. The molecule has 0 saturated heterocycles. The van der Waals surface area contributed by atoms with Crippen molar-refractivity contribution in [3.63, 3.8) is 0 Å². The fourth-order valence-corrected chi connectivity index (χ4v) is 1.64. The Balaban J connectivity index is 1.87. The van der Waals surface area contributed by atoms with Gasteiger partial charge < -0.3 is 10.1 Å². The van der Waals surface area contributed by atoms with E-state index >= 15 is 0 Å². The molecule has 102 valence electrons. The van der Waals surface area contributed by atoms with E-state index in [9.17, 15) is 4.79 Å². The molecule has 2 rings (SSSR count). The Labute approximate surface area is 116 Å². The number of H-pyrrole nitrogens is 1. The molecule has 0 bridgehead atoms. The quantitative estimate of drug-likeness (QED) is 0.867. The molecule has 0 spiro atoms. The zero-order chi connectivity index (χ0) is 14.4. The molecule has 0 radical (unpaired) electrons. The lowest BCUT2D eigenvalue weighted by Gasteiger charge is -2.07. The van der Waals surface area contributed by atoms with E-state index < -0.39 is 0 Å². The van der Waals surface area contributed by atoms with E-state index in [4.69, 9.17) is 10.00 Å². The lowest BCUT2D eigenvalue weighted by Crippen LogP contribution is -2.21. The van der Waals surface area contributed by atoms with Gasteiger partial charge in [0.1, 0.15) is 11.6 Å². The van der Waals surface area contributed by atoms with Crippen LogP contribution in [0.15, 0.2) is 30.5 Å². The van der Waals surface area contributed by atoms with Gasteiger partial charge in [-0.05, 0) is 30.7 Å². The predicted molar refractivity (Wildman–Crippen MR) is 73.2 cm³/mol. The summed E-state index contributed by atoms with van der Waals surface area (Å²) in [5, 5.41) is 18.0. The van der Waals surface area contributed by atoms with E-state index in [0.29, 0.717) is 17.1 Å². The molecular formula is C14H14N4O2. The molecule has 0 aliphatic carbocycles. The summed E-state index contributed by atoms with van der Waals surface area (Å²) in [6.45, 7) is 1.88. The molecule has 0 aliphatic heterocycles. The van der Waals surface area contributed by atoms with Gasteiger partial charge in [0.05, 0.1) is 17.8 Å². The van der Waals surface area contributed by atoms with Gasteiger partial charge in [0.25, 0.3) is 5.91 Å². The monoisotopic (exact) mass is 270 g/mol. The fourth-order valence-electron chi connectivity index (χ4n) is 1.64. The minimum Gasteiger partial charge on any atom is -0.484 e. The fraction of sp³-hybridized carbons (Fsp3) is 0.214. The second-order valence-corrected chi connectivity index (χ2v) is 4.10. The first-order chi connectivity index (χ1) is 9.72. The number of amides is 1. The number of aryl methyl sites for hydroxylation is 1. The Morgan fingerprint density at radius 1 is 1.45 bits per heavy atom. The number of hydrogen-bond donors (Lipinski definition) is 2. The first-order valence-electron chi connectivity index (χ1n) is 6.18. The van der Waals surface area contributed by atoms with E-state index in [1.54, 1.807) is 30.5 Å². The van der Waals surface area contributed by atoms with E-state index in [1.807, 2.05) is 13.0 Å². The molecular weight excluding hydrogens is 256 g/mol. The standard InChI is InChI=1S/C14H14N4O2/c1-2-11-8-16-18-14(11)17-13(19)9-20-12-5-3-10(7-15)4-6-12/h3-6,8H,2,9H2,1H3,(H2,16,17,18,19). The minimum absolute atomic E-state index is 0.103. The van der Waals surface area contributed by atoms with Gasteiger partial charge in [0.2, 0.25) is 0 Å². The predicted octanol–water partition coefficient (Wildman–Crippen LogP) is 1.86. The van der Waals surface area contributed by atoms with Gasteiger partial charge in [0, 0.05) is 5.56 Å². The number of anilines is 1. The summed E-state index contributed by atoms with van der Waals surface area (Å²) in [6, 6.07) is 8.59. The van der Waals surface area contributed by atoms with Crippen molar-refractivity contribution >= 4 is 11.7 Å². The van der Waals surface area contributed by atoms with Crippen LogP contribution in [0.2, 0.25) is 0 Å². The molecule has 1 amide bonds. The van der Waals surface area contributed by atoms with Gasteiger partial charge >= 0.3 is 0 Å². The summed E-state index contributed by atoms with van der Waals surface area (Å²) in [7, 11) is 0. The van der Waals surface area contributed by atoms with Gasteiger partial charge in [-0.3, -0.25) is 9.89 Å². The summed E-state index contributed by atoms with van der Waals surface area (Å²) < 4.78 is 5.33. The molecule has 0 unspecified atom stereocenters. The summed E-state index contributed by atoms with van der Waals surface area (Å²) in [5.41, 5.74) is 1.49. The normalized spacial score (nSPS) is 9.80. The number of aromatic nitrogens is 2. The van der Waals surface area contributed by atoms with Crippen molar-refractivity contribution < 1.29 is 9.53 Å². The van der Waals surface area contributed by atoms with E-state index in [2.05, 4.69) is 15.5 Å². The van der Waals surface area contributed by atoms with Crippen LogP contribution in [0.1, 0.15) is 18.1 Å². The van der Waals surface area contributed by atoms with E-state index in [-0.39, 0.29) is 12.5 Å². The molecule has 1 heterocycles. The zero-order valence-corrected chi connectivity index (χ0v) is 11.0. The first kappa shape index (κ1) is 13.6. The topological polar surface area (TPSA) is 90.8 Å². The van der Waals surface area contributed by atoms with Crippen molar-refractivity contribution in [2.24, 2.45) is 0 Å². The third-order valence-electron chi connectivity index (χ3n) is 2.72. The average Bonchev–Trinajstić information content (AvgIpc) is 2.92. The SMILES string of the molecule is CCc1cn[nH]c1NC(=O)COc1ccc(C#N)cc1. The average molecular weight is 270 g/mol. The second kappa shape index (κ2) is 6.38. The number of rotatable bonds is 5. The molecule has 0 aliphatic rings. The molecule has 6 heteroatoms. The van der Waals surface area contributed by atoms with Crippen LogP contribution in [0.4, 0.5) is 5.82 Å².